The summed E-state index contributed by atoms with van der Waals surface area (Å²) < 4.78 is 13.5. The highest BCUT2D eigenvalue weighted by Crippen LogP contribution is 2.18. The van der Waals surface area contributed by atoms with Gasteiger partial charge in [-0.2, -0.15) is 0 Å². The van der Waals surface area contributed by atoms with Crippen molar-refractivity contribution in [1.29, 1.82) is 0 Å². The third kappa shape index (κ3) is 4.77. The Morgan fingerprint density at radius 3 is 3.00 bits per heavy atom. The van der Waals surface area contributed by atoms with Crippen LogP contribution in [0.3, 0.4) is 0 Å². The molecule has 0 radical (unpaired) electrons. The Balaban J connectivity index is 1.40. The molecule has 1 N–H and O–H groups in total. The fraction of sp³-hybridized carbons (Fsp3) is 0.391. The largest absolute Gasteiger partial charge is 0.494 e. The van der Waals surface area contributed by atoms with E-state index in [2.05, 4.69) is 28.9 Å². The average Bonchev–Trinajstić information content (AvgIpc) is 3.38. The number of nitrogens with zero attached hydrogens (tertiary/aromatic N) is 2. The molecule has 1 saturated heterocycles. The van der Waals surface area contributed by atoms with Gasteiger partial charge >= 0.3 is 0 Å². The number of fused-ring (bicyclic) bond motifs is 1. The molecule has 3 aromatic rings. The Morgan fingerprint density at radius 2 is 2.17 bits per heavy atom. The third-order valence-corrected chi connectivity index (χ3v) is 5.16. The summed E-state index contributed by atoms with van der Waals surface area (Å²) >= 11 is 0. The molecule has 1 aliphatic rings. The van der Waals surface area contributed by atoms with Crippen LogP contribution < -0.4 is 10.1 Å². The van der Waals surface area contributed by atoms with Gasteiger partial charge in [0.05, 0.1) is 24.2 Å². The quantitative estimate of drug-likeness (QED) is 0.594. The summed E-state index contributed by atoms with van der Waals surface area (Å²) in [5.74, 6) is 1.70. The monoisotopic (exact) mass is 393 g/mol. The average molecular weight is 393 g/mol. The van der Waals surface area contributed by atoms with Gasteiger partial charge in [0.25, 0.3) is 0 Å². The minimum atomic E-state index is -0.324. The number of ether oxygens (including phenoxy) is 2. The molecule has 29 heavy (non-hydrogen) atoms. The molecular weight excluding hydrogens is 366 g/mol. The van der Waals surface area contributed by atoms with Crippen molar-refractivity contribution in [2.24, 2.45) is 0 Å². The van der Waals surface area contributed by atoms with Gasteiger partial charge in [0.1, 0.15) is 17.7 Å². The van der Waals surface area contributed by atoms with Crippen molar-refractivity contribution >= 4 is 16.9 Å². The van der Waals surface area contributed by atoms with Crippen molar-refractivity contribution in [3.8, 4) is 5.75 Å². The van der Waals surface area contributed by atoms with E-state index in [0.717, 1.165) is 48.4 Å². The molecule has 0 spiro atoms. The Hall–Kier alpha value is -2.86. The van der Waals surface area contributed by atoms with E-state index in [1.165, 1.54) is 5.56 Å². The lowest BCUT2D eigenvalue weighted by atomic mass is 10.2. The van der Waals surface area contributed by atoms with Crippen LogP contribution in [0.15, 0.2) is 48.5 Å². The molecule has 1 unspecified atom stereocenters. The summed E-state index contributed by atoms with van der Waals surface area (Å²) in [7, 11) is 0. The second kappa shape index (κ2) is 9.09. The van der Waals surface area contributed by atoms with Crippen LogP contribution in [0.2, 0.25) is 0 Å². The summed E-state index contributed by atoms with van der Waals surface area (Å²) in [6.07, 6.45) is 2.26. The zero-order chi connectivity index (χ0) is 20.1. The summed E-state index contributed by atoms with van der Waals surface area (Å²) in [6, 6.07) is 16.1. The van der Waals surface area contributed by atoms with Gasteiger partial charge in [-0.1, -0.05) is 24.3 Å². The van der Waals surface area contributed by atoms with Gasteiger partial charge in [-0.05, 0) is 56.0 Å². The molecule has 6 nitrogen and oxygen atoms in total. The van der Waals surface area contributed by atoms with Crippen molar-refractivity contribution in [3.63, 3.8) is 0 Å². The highest BCUT2D eigenvalue weighted by atomic mass is 16.5. The zero-order valence-corrected chi connectivity index (χ0v) is 16.8. The lowest BCUT2D eigenvalue weighted by Gasteiger charge is -2.13. The second-order valence-electron chi connectivity index (χ2n) is 7.41. The van der Waals surface area contributed by atoms with Gasteiger partial charge in [-0.3, -0.25) is 4.79 Å². The molecule has 1 aromatic heterocycles. The van der Waals surface area contributed by atoms with Crippen molar-refractivity contribution in [3.05, 3.63) is 59.9 Å². The van der Waals surface area contributed by atoms with Crippen molar-refractivity contribution in [1.82, 2.24) is 14.9 Å². The van der Waals surface area contributed by atoms with E-state index in [1.807, 2.05) is 36.4 Å². The molecule has 152 valence electrons. The first kappa shape index (κ1) is 19.5. The maximum absolute atomic E-state index is 12.3. The number of aryl methyl sites for hydroxylation is 2. The third-order valence-electron chi connectivity index (χ3n) is 5.16. The molecule has 2 heterocycles. The van der Waals surface area contributed by atoms with E-state index in [4.69, 9.17) is 14.5 Å². The van der Waals surface area contributed by atoms with Gasteiger partial charge in [0.2, 0.25) is 5.91 Å². The van der Waals surface area contributed by atoms with Crippen molar-refractivity contribution in [2.45, 2.75) is 45.4 Å². The highest BCUT2D eigenvalue weighted by Gasteiger charge is 2.23. The van der Waals surface area contributed by atoms with Crippen LogP contribution in [0, 0.1) is 6.92 Å². The maximum atomic E-state index is 12.3. The first-order valence-electron chi connectivity index (χ1n) is 10.2. The molecule has 1 atom stereocenters. The number of imidazole rings is 1. The molecule has 0 aliphatic carbocycles. The number of hydrogen-bond acceptors (Lipinski definition) is 4. The standard InChI is InChI=1S/C23H27N3O3/c1-17-7-4-8-18(15-17)28-14-6-12-26-20-10-3-2-9-19(20)25-22(26)16-24-23(27)21-11-5-13-29-21/h2-4,7-10,15,21H,5-6,11-14,16H2,1H3,(H,24,27). The fourth-order valence-corrected chi connectivity index (χ4v) is 3.69. The van der Waals surface area contributed by atoms with Crippen LogP contribution >= 0.6 is 0 Å². The van der Waals surface area contributed by atoms with Crippen LogP contribution in [0.5, 0.6) is 5.75 Å². The Kier molecular flexibility index (Phi) is 6.10. The molecule has 2 aromatic carbocycles. The highest BCUT2D eigenvalue weighted by molar-refractivity contribution is 5.81. The number of para-hydroxylation sites is 2. The molecule has 6 heteroatoms. The van der Waals surface area contributed by atoms with Crippen molar-refractivity contribution < 1.29 is 14.3 Å². The van der Waals surface area contributed by atoms with Crippen LogP contribution in [0.1, 0.15) is 30.7 Å². The summed E-state index contributed by atoms with van der Waals surface area (Å²) in [4.78, 5) is 17.0. The van der Waals surface area contributed by atoms with Gasteiger partial charge < -0.3 is 19.4 Å². The number of nitrogens with one attached hydrogen (secondary N) is 1. The number of aromatic nitrogens is 2. The fourth-order valence-electron chi connectivity index (χ4n) is 3.69. The number of benzene rings is 2. The summed E-state index contributed by atoms with van der Waals surface area (Å²) in [5.41, 5.74) is 3.20. The lowest BCUT2D eigenvalue weighted by Crippen LogP contribution is -2.34. The van der Waals surface area contributed by atoms with Gasteiger partial charge in [0, 0.05) is 13.2 Å². The first-order valence-corrected chi connectivity index (χ1v) is 10.2. The molecule has 0 saturated carbocycles. The van der Waals surface area contributed by atoms with E-state index >= 15 is 0 Å². The van der Waals surface area contributed by atoms with Crippen LogP contribution in [-0.2, 0) is 22.6 Å². The summed E-state index contributed by atoms with van der Waals surface area (Å²) in [5, 5.41) is 2.99. The molecular formula is C23H27N3O3. The van der Waals surface area contributed by atoms with Crippen molar-refractivity contribution in [2.75, 3.05) is 13.2 Å². The van der Waals surface area contributed by atoms with E-state index in [-0.39, 0.29) is 12.0 Å². The first-order chi connectivity index (χ1) is 14.2. The van der Waals surface area contributed by atoms with Gasteiger partial charge in [0.15, 0.2) is 0 Å². The normalized spacial score (nSPS) is 16.2. The lowest BCUT2D eigenvalue weighted by molar-refractivity contribution is -0.130. The number of amides is 1. The minimum Gasteiger partial charge on any atom is -0.494 e. The van der Waals surface area contributed by atoms with Gasteiger partial charge in [-0.15, -0.1) is 0 Å². The predicted octanol–water partition coefficient (Wildman–Crippen LogP) is 3.61. The van der Waals surface area contributed by atoms with E-state index < -0.39 is 0 Å². The van der Waals surface area contributed by atoms with E-state index in [1.54, 1.807) is 0 Å². The Bertz CT molecular complexity index is 976. The number of rotatable bonds is 8. The smallest absolute Gasteiger partial charge is 0.249 e. The minimum absolute atomic E-state index is 0.0520. The predicted molar refractivity (Wildman–Crippen MR) is 112 cm³/mol. The SMILES string of the molecule is Cc1cccc(OCCCn2c(CNC(=O)C3CCCO3)nc3ccccc32)c1. The number of carbonyl (C=O) groups is 1. The Labute approximate surface area is 170 Å². The molecule has 1 fully saturated rings. The van der Waals surface area contributed by atoms with E-state index in [0.29, 0.717) is 19.8 Å². The second-order valence-corrected chi connectivity index (χ2v) is 7.41. The van der Waals surface area contributed by atoms with Crippen LogP contribution in [-0.4, -0.2) is 34.8 Å². The molecule has 1 amide bonds. The number of hydrogen-bond donors (Lipinski definition) is 1. The molecule has 0 bridgehead atoms. The zero-order valence-electron chi connectivity index (χ0n) is 16.8. The maximum Gasteiger partial charge on any atom is 0.249 e. The van der Waals surface area contributed by atoms with Crippen LogP contribution in [0.4, 0.5) is 0 Å². The number of carbonyl (C=O) groups excluding carboxylic acids is 1. The van der Waals surface area contributed by atoms with Crippen LogP contribution in [0.25, 0.3) is 11.0 Å². The Morgan fingerprint density at radius 1 is 1.28 bits per heavy atom. The molecule has 1 aliphatic heterocycles. The summed E-state index contributed by atoms with van der Waals surface area (Å²) in [6.45, 7) is 4.51. The van der Waals surface area contributed by atoms with Gasteiger partial charge in [-0.25, -0.2) is 4.98 Å². The topological polar surface area (TPSA) is 65.4 Å². The van der Waals surface area contributed by atoms with E-state index in [9.17, 15) is 4.79 Å². The molecule has 4 rings (SSSR count).